The van der Waals surface area contributed by atoms with Crippen molar-refractivity contribution in [1.82, 2.24) is 0 Å². The van der Waals surface area contributed by atoms with Gasteiger partial charge < -0.3 is 9.32 Å². The van der Waals surface area contributed by atoms with Gasteiger partial charge in [-0.2, -0.15) is 0 Å². The van der Waals surface area contributed by atoms with Crippen LogP contribution < -0.4 is 4.90 Å². The number of hydrogen-bond acceptors (Lipinski definition) is 2. The third-order valence-corrected chi connectivity index (χ3v) is 10.5. The van der Waals surface area contributed by atoms with Crippen molar-refractivity contribution in [2.45, 2.75) is 0 Å². The van der Waals surface area contributed by atoms with E-state index < -0.39 is 0 Å². The molecule has 0 saturated heterocycles. The van der Waals surface area contributed by atoms with E-state index in [1.807, 2.05) is 12.1 Å². The van der Waals surface area contributed by atoms with E-state index >= 15 is 0 Å². The maximum atomic E-state index is 6.12. The Morgan fingerprint density at radius 3 is 1.35 bits per heavy atom. The first-order valence-corrected chi connectivity index (χ1v) is 18.4. The van der Waals surface area contributed by atoms with Gasteiger partial charge in [-0.15, -0.1) is 0 Å². The lowest BCUT2D eigenvalue weighted by Crippen LogP contribution is -2.10. The smallest absolute Gasteiger partial charge is 0.135 e. The molecule has 0 spiro atoms. The van der Waals surface area contributed by atoms with Crippen molar-refractivity contribution in [2.24, 2.45) is 0 Å². The monoisotopic (exact) mass is 689 g/mol. The normalized spacial score (nSPS) is 11.3. The first-order chi connectivity index (χ1) is 26.8. The summed E-state index contributed by atoms with van der Waals surface area (Å²) in [4.78, 5) is 2.38. The van der Waals surface area contributed by atoms with Crippen molar-refractivity contribution in [3.63, 3.8) is 0 Å². The second-order valence-electron chi connectivity index (χ2n) is 13.7. The third-order valence-electron chi connectivity index (χ3n) is 10.5. The van der Waals surface area contributed by atoms with Crippen LogP contribution in [0.5, 0.6) is 0 Å². The van der Waals surface area contributed by atoms with Crippen LogP contribution in [0.3, 0.4) is 0 Å². The van der Waals surface area contributed by atoms with E-state index in [2.05, 4.69) is 205 Å². The minimum absolute atomic E-state index is 0.907. The fraction of sp³-hybridized carbons (Fsp3) is 0. The van der Waals surface area contributed by atoms with Crippen LogP contribution in [0.15, 0.2) is 217 Å². The van der Waals surface area contributed by atoms with Crippen LogP contribution in [-0.4, -0.2) is 0 Å². The van der Waals surface area contributed by atoms with E-state index in [1.54, 1.807) is 0 Å². The third kappa shape index (κ3) is 5.71. The number of fused-ring (bicyclic) bond motifs is 4. The summed E-state index contributed by atoms with van der Waals surface area (Å²) in [7, 11) is 0. The number of para-hydroxylation sites is 1. The summed E-state index contributed by atoms with van der Waals surface area (Å²) in [5, 5.41) is 4.69. The Labute approximate surface area is 314 Å². The first-order valence-electron chi connectivity index (χ1n) is 18.4. The minimum atomic E-state index is 0.907. The Morgan fingerprint density at radius 1 is 0.278 bits per heavy atom. The molecule has 1 aromatic heterocycles. The van der Waals surface area contributed by atoms with Gasteiger partial charge >= 0.3 is 0 Å². The van der Waals surface area contributed by atoms with Gasteiger partial charge in [0.05, 0.1) is 5.69 Å². The Bertz CT molecular complexity index is 2890. The van der Waals surface area contributed by atoms with Gasteiger partial charge in [0.2, 0.25) is 0 Å². The number of hydrogen-bond donors (Lipinski definition) is 0. The summed E-state index contributed by atoms with van der Waals surface area (Å²) >= 11 is 0. The van der Waals surface area contributed by atoms with Gasteiger partial charge in [0.25, 0.3) is 0 Å². The topological polar surface area (TPSA) is 16.4 Å². The number of benzene rings is 9. The average Bonchev–Trinajstić information content (AvgIpc) is 3.63. The minimum Gasteiger partial charge on any atom is -0.456 e. The molecule has 0 saturated carbocycles. The predicted molar refractivity (Wildman–Crippen MR) is 228 cm³/mol. The lowest BCUT2D eigenvalue weighted by atomic mass is 9.96. The summed E-state index contributed by atoms with van der Waals surface area (Å²) in [5.74, 6) is 0. The summed E-state index contributed by atoms with van der Waals surface area (Å²) in [6.07, 6.45) is 0. The van der Waals surface area contributed by atoms with Crippen LogP contribution in [0.4, 0.5) is 17.1 Å². The molecule has 10 rings (SSSR count). The zero-order valence-electron chi connectivity index (χ0n) is 29.6. The van der Waals surface area contributed by atoms with Crippen LogP contribution in [0.1, 0.15) is 0 Å². The average molecular weight is 690 g/mol. The molecule has 0 aliphatic carbocycles. The fourth-order valence-corrected chi connectivity index (χ4v) is 7.77. The Hall–Kier alpha value is -7.16. The molecule has 0 N–H and O–H groups in total. The molecule has 0 bridgehead atoms. The van der Waals surface area contributed by atoms with Crippen molar-refractivity contribution in [1.29, 1.82) is 0 Å². The zero-order valence-corrected chi connectivity index (χ0v) is 29.6. The zero-order chi connectivity index (χ0) is 35.8. The summed E-state index contributed by atoms with van der Waals surface area (Å²) < 4.78 is 6.12. The SMILES string of the molecule is c1ccc(-c2ccc(-c3ccc(N(c4ccc(-c5ccc6oc7ccccc7c6c5)cc4)c4ccc(-c5ccccc5)c5ccccc45)cc3)cc2)cc1. The molecule has 2 nitrogen and oxygen atoms in total. The molecule has 254 valence electrons. The molecule has 0 unspecified atom stereocenters. The summed E-state index contributed by atoms with van der Waals surface area (Å²) in [6.45, 7) is 0. The van der Waals surface area contributed by atoms with Crippen LogP contribution in [0, 0.1) is 0 Å². The maximum absolute atomic E-state index is 6.12. The molecule has 2 heteroatoms. The van der Waals surface area contributed by atoms with Crippen LogP contribution in [0.25, 0.3) is 77.2 Å². The van der Waals surface area contributed by atoms with Gasteiger partial charge in [0.1, 0.15) is 11.2 Å². The molecule has 0 aliphatic heterocycles. The Kier molecular flexibility index (Phi) is 7.85. The molecule has 1 heterocycles. The highest BCUT2D eigenvalue weighted by Gasteiger charge is 2.18. The fourth-order valence-electron chi connectivity index (χ4n) is 7.77. The highest BCUT2D eigenvalue weighted by molar-refractivity contribution is 6.07. The second-order valence-corrected chi connectivity index (χ2v) is 13.7. The van der Waals surface area contributed by atoms with Crippen LogP contribution >= 0.6 is 0 Å². The van der Waals surface area contributed by atoms with Crippen molar-refractivity contribution >= 4 is 49.8 Å². The van der Waals surface area contributed by atoms with Gasteiger partial charge in [-0.1, -0.05) is 164 Å². The molecule has 10 aromatic rings. The lowest BCUT2D eigenvalue weighted by Gasteiger charge is -2.28. The maximum Gasteiger partial charge on any atom is 0.135 e. The lowest BCUT2D eigenvalue weighted by molar-refractivity contribution is 0.669. The molecule has 0 radical (unpaired) electrons. The van der Waals surface area contributed by atoms with E-state index in [-0.39, 0.29) is 0 Å². The van der Waals surface area contributed by atoms with E-state index in [9.17, 15) is 0 Å². The highest BCUT2D eigenvalue weighted by atomic mass is 16.3. The van der Waals surface area contributed by atoms with E-state index in [4.69, 9.17) is 4.42 Å². The predicted octanol–water partition coefficient (Wildman–Crippen LogP) is 14.9. The second kappa shape index (κ2) is 13.4. The van der Waals surface area contributed by atoms with Crippen molar-refractivity contribution in [2.75, 3.05) is 4.90 Å². The van der Waals surface area contributed by atoms with Crippen molar-refractivity contribution in [3.05, 3.63) is 212 Å². The molecule has 0 amide bonds. The summed E-state index contributed by atoms with van der Waals surface area (Å²) in [6, 6.07) is 75.9. The van der Waals surface area contributed by atoms with E-state index in [1.165, 1.54) is 44.2 Å². The van der Waals surface area contributed by atoms with E-state index in [0.717, 1.165) is 50.1 Å². The number of rotatable bonds is 7. The van der Waals surface area contributed by atoms with E-state index in [0.29, 0.717) is 0 Å². The summed E-state index contributed by atoms with van der Waals surface area (Å²) in [5.41, 5.74) is 14.7. The van der Waals surface area contributed by atoms with Crippen molar-refractivity contribution in [3.8, 4) is 44.5 Å². The Balaban J connectivity index is 1.06. The van der Waals surface area contributed by atoms with Crippen LogP contribution in [0.2, 0.25) is 0 Å². The molecule has 9 aromatic carbocycles. The van der Waals surface area contributed by atoms with Gasteiger partial charge in [-0.25, -0.2) is 0 Å². The molecule has 0 atom stereocenters. The molecular formula is C52H35NO. The van der Waals surface area contributed by atoms with Gasteiger partial charge in [-0.05, 0) is 98.4 Å². The quantitative estimate of drug-likeness (QED) is 0.166. The van der Waals surface area contributed by atoms with Gasteiger partial charge in [0, 0.05) is 27.5 Å². The molecule has 0 fully saturated rings. The van der Waals surface area contributed by atoms with Gasteiger partial charge in [-0.3, -0.25) is 0 Å². The molecule has 0 aliphatic rings. The number of anilines is 3. The van der Waals surface area contributed by atoms with Crippen molar-refractivity contribution < 1.29 is 4.42 Å². The molecule has 54 heavy (non-hydrogen) atoms. The molecular weight excluding hydrogens is 655 g/mol. The number of furan rings is 1. The standard InChI is InChI=1S/C52H35NO/c1-3-11-36(12-4-1)37-19-21-38(22-20-37)39-23-28-43(29-24-39)53(50-33-32-45(41-13-5-2-6-14-41)46-15-7-8-16-47(46)50)44-30-25-40(26-31-44)42-27-34-52-49(35-42)48-17-9-10-18-51(48)54-52/h1-35H. The van der Waals surface area contributed by atoms with Crippen LogP contribution in [-0.2, 0) is 0 Å². The highest BCUT2D eigenvalue weighted by Crippen LogP contribution is 2.43. The largest absolute Gasteiger partial charge is 0.456 e. The van der Waals surface area contributed by atoms with Gasteiger partial charge in [0.15, 0.2) is 0 Å². The number of nitrogens with zero attached hydrogens (tertiary/aromatic N) is 1. The first kappa shape index (κ1) is 31.6. The Morgan fingerprint density at radius 2 is 0.722 bits per heavy atom.